The Balaban J connectivity index is 4.86. The Morgan fingerprint density at radius 2 is 2.17 bits per heavy atom. The summed E-state index contributed by atoms with van der Waals surface area (Å²) in [6.07, 6.45) is 4.60. The predicted octanol–water partition coefficient (Wildman–Crippen LogP) is 1.31. The minimum absolute atomic E-state index is 0.218. The van der Waals surface area contributed by atoms with Crippen LogP contribution in [0.4, 0.5) is 0 Å². The maximum atomic E-state index is 10.7. The van der Waals surface area contributed by atoms with Crippen LogP contribution in [0, 0.1) is 0 Å². The van der Waals surface area contributed by atoms with Gasteiger partial charge < -0.3 is 10.4 Å². The van der Waals surface area contributed by atoms with Gasteiger partial charge in [0.05, 0.1) is 5.57 Å². The van der Waals surface area contributed by atoms with Crippen LogP contribution >= 0.6 is 0 Å². The Morgan fingerprint density at radius 3 is 2.42 bits per heavy atom. The van der Waals surface area contributed by atoms with Crippen molar-refractivity contribution in [3.8, 4) is 0 Å². The van der Waals surface area contributed by atoms with Crippen molar-refractivity contribution in [2.24, 2.45) is 0 Å². The van der Waals surface area contributed by atoms with Crippen molar-refractivity contribution < 1.29 is 9.90 Å². The molecule has 3 nitrogen and oxygen atoms in total. The minimum Gasteiger partial charge on any atom is -0.478 e. The number of allylic oxidation sites excluding steroid dienone is 3. The number of nitrogens with one attached hydrogen (secondary N) is 1. The molecule has 0 radical (unpaired) electrons. The van der Waals surface area contributed by atoms with Crippen LogP contribution in [0.15, 0.2) is 36.1 Å². The van der Waals surface area contributed by atoms with Gasteiger partial charge in [0.25, 0.3) is 0 Å². The molecule has 0 unspecified atom stereocenters. The maximum Gasteiger partial charge on any atom is 0.337 e. The van der Waals surface area contributed by atoms with E-state index in [4.69, 9.17) is 5.11 Å². The first-order valence-corrected chi connectivity index (χ1v) is 3.57. The van der Waals surface area contributed by atoms with Crippen LogP contribution in [0.5, 0.6) is 0 Å². The minimum atomic E-state index is -0.961. The lowest BCUT2D eigenvalue weighted by atomic mass is 10.1. The first-order valence-electron chi connectivity index (χ1n) is 3.57. The molecule has 0 aliphatic carbocycles. The maximum absolute atomic E-state index is 10.7. The molecule has 0 spiro atoms. The SMILES string of the molecule is C=C/C=C(C(=O)O)\C(=C/C)NC. The van der Waals surface area contributed by atoms with Crippen LogP contribution in [0.25, 0.3) is 0 Å². The summed E-state index contributed by atoms with van der Waals surface area (Å²) in [6.45, 7) is 5.21. The molecule has 0 fully saturated rings. The smallest absolute Gasteiger partial charge is 0.337 e. The van der Waals surface area contributed by atoms with Crippen molar-refractivity contribution in [2.45, 2.75) is 6.92 Å². The topological polar surface area (TPSA) is 49.3 Å². The van der Waals surface area contributed by atoms with Gasteiger partial charge in [-0.1, -0.05) is 18.7 Å². The van der Waals surface area contributed by atoms with Gasteiger partial charge in [-0.25, -0.2) is 4.79 Å². The van der Waals surface area contributed by atoms with Gasteiger partial charge in [-0.3, -0.25) is 0 Å². The average Bonchev–Trinajstić information content (AvgIpc) is 2.05. The number of hydrogen-bond acceptors (Lipinski definition) is 2. The van der Waals surface area contributed by atoms with Crippen LogP contribution in [-0.2, 0) is 4.79 Å². The second kappa shape index (κ2) is 5.18. The summed E-state index contributed by atoms with van der Waals surface area (Å²) >= 11 is 0. The van der Waals surface area contributed by atoms with Gasteiger partial charge in [-0.2, -0.15) is 0 Å². The van der Waals surface area contributed by atoms with Gasteiger partial charge in [-0.05, 0) is 13.0 Å². The summed E-state index contributed by atoms with van der Waals surface area (Å²) in [5.74, 6) is -0.961. The zero-order valence-electron chi connectivity index (χ0n) is 7.29. The van der Waals surface area contributed by atoms with Gasteiger partial charge in [0, 0.05) is 12.7 Å². The Hall–Kier alpha value is -1.51. The lowest BCUT2D eigenvalue weighted by Gasteiger charge is -2.05. The summed E-state index contributed by atoms with van der Waals surface area (Å²) in [6, 6.07) is 0. The molecule has 12 heavy (non-hydrogen) atoms. The van der Waals surface area contributed by atoms with E-state index in [9.17, 15) is 4.79 Å². The third-order valence-electron chi connectivity index (χ3n) is 1.36. The molecular weight excluding hydrogens is 154 g/mol. The van der Waals surface area contributed by atoms with Crippen molar-refractivity contribution in [2.75, 3.05) is 7.05 Å². The van der Waals surface area contributed by atoms with Gasteiger partial charge in [0.2, 0.25) is 0 Å². The van der Waals surface area contributed by atoms with Gasteiger partial charge in [-0.15, -0.1) is 0 Å². The fourth-order valence-corrected chi connectivity index (χ4v) is 0.829. The second-order valence-electron chi connectivity index (χ2n) is 2.07. The quantitative estimate of drug-likeness (QED) is 0.490. The third kappa shape index (κ3) is 2.62. The Bertz CT molecular complexity index is 239. The highest BCUT2D eigenvalue weighted by molar-refractivity contribution is 5.91. The molecule has 0 aromatic carbocycles. The molecule has 0 aliphatic rings. The third-order valence-corrected chi connectivity index (χ3v) is 1.36. The Labute approximate surface area is 72.1 Å². The fourth-order valence-electron chi connectivity index (χ4n) is 0.829. The molecule has 0 rings (SSSR count). The first kappa shape index (κ1) is 10.5. The van der Waals surface area contributed by atoms with Crippen molar-refractivity contribution in [3.05, 3.63) is 36.1 Å². The highest BCUT2D eigenvalue weighted by Gasteiger charge is 2.09. The molecule has 2 N–H and O–H groups in total. The summed E-state index contributed by atoms with van der Waals surface area (Å²) in [5, 5.41) is 11.5. The Kier molecular flexibility index (Phi) is 4.53. The second-order valence-corrected chi connectivity index (χ2v) is 2.07. The van der Waals surface area contributed by atoms with E-state index in [1.807, 2.05) is 0 Å². The van der Waals surface area contributed by atoms with Gasteiger partial charge >= 0.3 is 5.97 Å². The van der Waals surface area contributed by atoms with E-state index in [-0.39, 0.29) is 5.57 Å². The lowest BCUT2D eigenvalue weighted by molar-refractivity contribution is -0.132. The van der Waals surface area contributed by atoms with Gasteiger partial charge in [0.1, 0.15) is 0 Å². The molecule has 66 valence electrons. The summed E-state index contributed by atoms with van der Waals surface area (Å²) in [5.41, 5.74) is 0.803. The van der Waals surface area contributed by atoms with E-state index in [2.05, 4.69) is 11.9 Å². The fraction of sp³-hybridized carbons (Fsp3) is 0.222. The number of rotatable bonds is 4. The number of carboxylic acid groups (broad SMARTS) is 1. The Morgan fingerprint density at radius 1 is 1.58 bits per heavy atom. The van der Waals surface area contributed by atoms with Crippen LogP contribution in [-0.4, -0.2) is 18.1 Å². The van der Waals surface area contributed by atoms with E-state index < -0.39 is 5.97 Å². The molecule has 3 heteroatoms. The molecule has 0 aromatic rings. The zero-order chi connectivity index (χ0) is 9.56. The van der Waals surface area contributed by atoms with Crippen LogP contribution in [0.3, 0.4) is 0 Å². The van der Waals surface area contributed by atoms with E-state index >= 15 is 0 Å². The molecule has 0 aromatic heterocycles. The normalized spacial score (nSPS) is 12.5. The number of carbonyl (C=O) groups is 1. The summed E-state index contributed by atoms with van der Waals surface area (Å²) in [7, 11) is 1.68. The van der Waals surface area contributed by atoms with E-state index in [0.29, 0.717) is 5.70 Å². The standard InChI is InChI=1S/C9H13NO2/c1-4-6-7(9(11)12)8(5-2)10-3/h4-6,10H,1H2,2-3H3,(H,11,12)/b7-6+,8-5+. The highest BCUT2D eigenvalue weighted by Crippen LogP contribution is 2.06. The van der Waals surface area contributed by atoms with Gasteiger partial charge in [0.15, 0.2) is 0 Å². The summed E-state index contributed by atoms with van der Waals surface area (Å²) in [4.78, 5) is 10.7. The average molecular weight is 167 g/mol. The molecule has 0 atom stereocenters. The largest absolute Gasteiger partial charge is 0.478 e. The molecular formula is C9H13NO2. The van der Waals surface area contributed by atoms with Crippen molar-refractivity contribution >= 4 is 5.97 Å². The van der Waals surface area contributed by atoms with Crippen LogP contribution in [0.1, 0.15) is 6.92 Å². The van der Waals surface area contributed by atoms with Crippen LogP contribution in [0.2, 0.25) is 0 Å². The van der Waals surface area contributed by atoms with Crippen molar-refractivity contribution in [1.29, 1.82) is 0 Å². The van der Waals surface area contributed by atoms with E-state index in [1.54, 1.807) is 20.0 Å². The highest BCUT2D eigenvalue weighted by atomic mass is 16.4. The number of likely N-dealkylation sites (N-methyl/N-ethyl adjacent to an activating group) is 1. The monoisotopic (exact) mass is 167 g/mol. The molecule has 0 aliphatic heterocycles. The van der Waals surface area contributed by atoms with E-state index in [0.717, 1.165) is 0 Å². The number of carboxylic acids is 1. The van der Waals surface area contributed by atoms with E-state index in [1.165, 1.54) is 12.2 Å². The van der Waals surface area contributed by atoms with Crippen molar-refractivity contribution in [3.63, 3.8) is 0 Å². The summed E-state index contributed by atoms with van der Waals surface area (Å²) < 4.78 is 0. The van der Waals surface area contributed by atoms with Crippen molar-refractivity contribution in [1.82, 2.24) is 5.32 Å². The molecule has 0 heterocycles. The molecule has 0 saturated carbocycles. The molecule has 0 amide bonds. The first-order chi connectivity index (χ1) is 5.67. The lowest BCUT2D eigenvalue weighted by Crippen LogP contribution is -2.14. The zero-order valence-corrected chi connectivity index (χ0v) is 7.29. The molecule has 0 saturated heterocycles. The van der Waals surface area contributed by atoms with Crippen LogP contribution < -0.4 is 5.32 Å². The number of hydrogen-bond donors (Lipinski definition) is 2. The predicted molar refractivity (Wildman–Crippen MR) is 48.7 cm³/mol. The number of aliphatic carboxylic acids is 1. The molecule has 0 bridgehead atoms.